The Bertz CT molecular complexity index is 1310. The first-order chi connectivity index (χ1) is 14.9. The molecular weight excluding hydrogens is 394 g/mol. The summed E-state index contributed by atoms with van der Waals surface area (Å²) in [5.41, 5.74) is 9.59. The van der Waals surface area contributed by atoms with Crippen molar-refractivity contribution in [2.45, 2.75) is 6.54 Å². The van der Waals surface area contributed by atoms with E-state index in [1.165, 1.54) is 0 Å². The summed E-state index contributed by atoms with van der Waals surface area (Å²) in [5, 5.41) is 4.78. The van der Waals surface area contributed by atoms with Gasteiger partial charge in [-0.3, -0.25) is 14.4 Å². The topological polar surface area (TPSA) is 102 Å². The Morgan fingerprint density at radius 2 is 1.84 bits per heavy atom. The quantitative estimate of drug-likeness (QED) is 0.642. The van der Waals surface area contributed by atoms with Gasteiger partial charge in [0.15, 0.2) is 6.61 Å². The molecule has 7 heteroatoms. The Balaban J connectivity index is 1.53. The number of nitrogens with two attached hydrogens (primary N) is 1. The third kappa shape index (κ3) is 3.20. The fourth-order valence-electron chi connectivity index (χ4n) is 4.06. The van der Waals surface area contributed by atoms with E-state index in [4.69, 9.17) is 10.5 Å². The maximum absolute atomic E-state index is 12.8. The second-order valence-corrected chi connectivity index (χ2v) is 7.70. The number of rotatable bonds is 4. The molecule has 0 fully saturated rings. The standard InChI is InChI=1S/C24H19N3O4/c1-13(23(25)29)10-27-11-19-17(24(27)30)6-4-14-2-3-15(8-18(14)19)16-5-7-20-21(9-16)31-12-22(28)26-20/h2-9H,1,10-12H2,(H2,25,29)(H,26,28). The lowest BCUT2D eigenvalue weighted by molar-refractivity contribution is -0.118. The lowest BCUT2D eigenvalue weighted by Crippen LogP contribution is -2.30. The summed E-state index contributed by atoms with van der Waals surface area (Å²) in [6.45, 7) is 4.16. The van der Waals surface area contributed by atoms with Crippen LogP contribution in [0.3, 0.4) is 0 Å². The van der Waals surface area contributed by atoms with Gasteiger partial charge in [-0.25, -0.2) is 0 Å². The number of nitrogens with one attached hydrogen (secondary N) is 1. The molecule has 3 aromatic carbocycles. The molecule has 0 aliphatic carbocycles. The minimum atomic E-state index is -0.610. The van der Waals surface area contributed by atoms with E-state index < -0.39 is 5.91 Å². The maximum Gasteiger partial charge on any atom is 0.262 e. The zero-order valence-corrected chi connectivity index (χ0v) is 16.6. The highest BCUT2D eigenvalue weighted by molar-refractivity contribution is 6.06. The maximum atomic E-state index is 12.8. The molecule has 0 unspecified atom stereocenters. The van der Waals surface area contributed by atoms with Crippen molar-refractivity contribution in [2.75, 3.05) is 18.5 Å². The van der Waals surface area contributed by atoms with Crippen molar-refractivity contribution >= 4 is 34.2 Å². The number of anilines is 1. The highest BCUT2D eigenvalue weighted by Gasteiger charge is 2.29. The number of carbonyl (C=O) groups is 3. The van der Waals surface area contributed by atoms with Gasteiger partial charge in [0, 0.05) is 17.7 Å². The monoisotopic (exact) mass is 413 g/mol. The number of ether oxygens (including phenoxy) is 1. The van der Waals surface area contributed by atoms with E-state index in [9.17, 15) is 14.4 Å². The zero-order valence-electron chi connectivity index (χ0n) is 16.6. The molecule has 3 N–H and O–H groups in total. The van der Waals surface area contributed by atoms with Gasteiger partial charge in [0.2, 0.25) is 5.91 Å². The second kappa shape index (κ2) is 6.98. The number of hydrogen-bond acceptors (Lipinski definition) is 4. The Labute approximate surface area is 178 Å². The lowest BCUT2D eigenvalue weighted by atomic mass is 9.96. The molecule has 7 nitrogen and oxygen atoms in total. The highest BCUT2D eigenvalue weighted by Crippen LogP contribution is 2.36. The first-order valence-electron chi connectivity index (χ1n) is 9.80. The molecule has 0 atom stereocenters. The average Bonchev–Trinajstić information content (AvgIpc) is 3.08. The van der Waals surface area contributed by atoms with Crippen LogP contribution in [0.2, 0.25) is 0 Å². The number of benzene rings is 3. The van der Waals surface area contributed by atoms with E-state index in [-0.39, 0.29) is 30.5 Å². The largest absolute Gasteiger partial charge is 0.482 e. The van der Waals surface area contributed by atoms with Gasteiger partial charge in [0.1, 0.15) is 5.75 Å². The molecule has 0 spiro atoms. The van der Waals surface area contributed by atoms with Crippen molar-refractivity contribution in [3.8, 4) is 16.9 Å². The molecule has 154 valence electrons. The molecular formula is C24H19N3O4. The molecule has 0 radical (unpaired) electrons. The minimum Gasteiger partial charge on any atom is -0.482 e. The molecule has 0 bridgehead atoms. The van der Waals surface area contributed by atoms with Crippen LogP contribution in [-0.4, -0.2) is 35.8 Å². The van der Waals surface area contributed by atoms with Crippen LogP contribution >= 0.6 is 0 Å². The molecule has 31 heavy (non-hydrogen) atoms. The number of primary amides is 1. The normalized spacial score (nSPS) is 14.6. The third-order valence-electron chi connectivity index (χ3n) is 5.68. The van der Waals surface area contributed by atoms with Gasteiger partial charge in [-0.15, -0.1) is 0 Å². The molecule has 2 aliphatic rings. The van der Waals surface area contributed by atoms with E-state index in [0.29, 0.717) is 23.5 Å². The van der Waals surface area contributed by atoms with Gasteiger partial charge < -0.3 is 20.7 Å². The molecule has 2 aliphatic heterocycles. The average molecular weight is 413 g/mol. The van der Waals surface area contributed by atoms with Crippen molar-refractivity contribution in [1.82, 2.24) is 4.90 Å². The van der Waals surface area contributed by atoms with Crippen molar-refractivity contribution < 1.29 is 19.1 Å². The number of fused-ring (bicyclic) bond motifs is 4. The van der Waals surface area contributed by atoms with Crippen molar-refractivity contribution in [3.63, 3.8) is 0 Å². The molecule has 0 saturated heterocycles. The summed E-state index contributed by atoms with van der Waals surface area (Å²) in [5.74, 6) is -0.291. The van der Waals surface area contributed by atoms with Crippen LogP contribution in [0.5, 0.6) is 5.75 Å². The molecule has 0 saturated carbocycles. The smallest absolute Gasteiger partial charge is 0.262 e. The van der Waals surface area contributed by atoms with E-state index in [2.05, 4.69) is 18.0 Å². The summed E-state index contributed by atoms with van der Waals surface area (Å²) < 4.78 is 5.53. The lowest BCUT2D eigenvalue weighted by Gasteiger charge is -2.18. The van der Waals surface area contributed by atoms with E-state index in [1.54, 1.807) is 4.90 Å². The van der Waals surface area contributed by atoms with Gasteiger partial charge in [0.05, 0.1) is 12.2 Å². The summed E-state index contributed by atoms with van der Waals surface area (Å²) in [4.78, 5) is 37.3. The first kappa shape index (κ1) is 18.9. The van der Waals surface area contributed by atoms with Crippen molar-refractivity contribution in [3.05, 3.63) is 71.8 Å². The molecule has 3 aromatic rings. The van der Waals surface area contributed by atoms with Gasteiger partial charge in [-0.2, -0.15) is 0 Å². The van der Waals surface area contributed by atoms with Crippen LogP contribution < -0.4 is 15.8 Å². The third-order valence-corrected chi connectivity index (χ3v) is 5.68. The number of nitrogens with zero attached hydrogens (tertiary/aromatic N) is 1. The summed E-state index contributed by atoms with van der Waals surface area (Å²) in [6.07, 6.45) is 0. The van der Waals surface area contributed by atoms with Crippen LogP contribution in [0.4, 0.5) is 5.69 Å². The molecule has 2 heterocycles. The number of hydrogen-bond donors (Lipinski definition) is 2. The first-order valence-corrected chi connectivity index (χ1v) is 9.80. The summed E-state index contributed by atoms with van der Waals surface area (Å²) >= 11 is 0. The van der Waals surface area contributed by atoms with Gasteiger partial charge >= 0.3 is 0 Å². The van der Waals surface area contributed by atoms with Crippen LogP contribution in [0, 0.1) is 0 Å². The highest BCUT2D eigenvalue weighted by atomic mass is 16.5. The SMILES string of the molecule is C=C(CN1Cc2c(ccc3ccc(-c4ccc5c(c4)OCC(=O)N5)cc23)C1=O)C(N)=O. The fraction of sp³-hybridized carbons (Fsp3) is 0.125. The fourth-order valence-corrected chi connectivity index (χ4v) is 4.06. The van der Waals surface area contributed by atoms with Crippen LogP contribution in [-0.2, 0) is 16.1 Å². The number of carbonyl (C=O) groups excluding carboxylic acids is 3. The van der Waals surface area contributed by atoms with E-state index in [0.717, 1.165) is 27.5 Å². The Kier molecular flexibility index (Phi) is 4.25. The second-order valence-electron chi connectivity index (χ2n) is 7.70. The number of amides is 3. The van der Waals surface area contributed by atoms with E-state index >= 15 is 0 Å². The van der Waals surface area contributed by atoms with Crippen LogP contribution in [0.1, 0.15) is 15.9 Å². The van der Waals surface area contributed by atoms with Gasteiger partial charge in [0.25, 0.3) is 11.8 Å². The van der Waals surface area contributed by atoms with Gasteiger partial charge in [-0.05, 0) is 51.7 Å². The Morgan fingerprint density at radius 3 is 2.65 bits per heavy atom. The van der Waals surface area contributed by atoms with Crippen LogP contribution in [0.25, 0.3) is 21.9 Å². The molecule has 3 amide bonds. The van der Waals surface area contributed by atoms with Crippen LogP contribution in [0.15, 0.2) is 60.7 Å². The minimum absolute atomic E-state index is 0.00375. The Morgan fingerprint density at radius 1 is 1.10 bits per heavy atom. The molecule has 0 aromatic heterocycles. The molecule has 5 rings (SSSR count). The predicted octanol–water partition coefficient (Wildman–Crippen LogP) is 2.83. The van der Waals surface area contributed by atoms with E-state index in [1.807, 2.05) is 42.5 Å². The van der Waals surface area contributed by atoms with Crippen molar-refractivity contribution in [1.29, 1.82) is 0 Å². The summed E-state index contributed by atoms with van der Waals surface area (Å²) in [7, 11) is 0. The van der Waals surface area contributed by atoms with Gasteiger partial charge in [-0.1, -0.05) is 30.8 Å². The Hall–Kier alpha value is -4.13. The van der Waals surface area contributed by atoms with Crippen molar-refractivity contribution in [2.24, 2.45) is 5.73 Å². The summed E-state index contributed by atoms with van der Waals surface area (Å²) in [6, 6.07) is 15.5. The predicted molar refractivity (Wildman–Crippen MR) is 117 cm³/mol. The zero-order chi connectivity index (χ0) is 21.7.